The lowest BCUT2D eigenvalue weighted by molar-refractivity contribution is -0.118. The number of carbonyl (C=O) groups is 1. The van der Waals surface area contributed by atoms with Crippen LogP contribution in [-0.2, 0) is 17.9 Å². The van der Waals surface area contributed by atoms with E-state index in [4.69, 9.17) is 0 Å². The molecule has 9 heteroatoms. The van der Waals surface area contributed by atoms with Gasteiger partial charge in [0, 0.05) is 50.3 Å². The quantitative estimate of drug-likeness (QED) is 0.773. The van der Waals surface area contributed by atoms with Crippen LogP contribution in [0.3, 0.4) is 0 Å². The van der Waals surface area contributed by atoms with Gasteiger partial charge in [0.25, 0.3) is 5.92 Å². The highest BCUT2D eigenvalue weighted by molar-refractivity contribution is 6.04. The molecule has 2 aromatic rings. The Morgan fingerprint density at radius 1 is 1.41 bits per heavy atom. The Hall–Kier alpha value is -2.71. The Morgan fingerprint density at radius 3 is 2.79 bits per heavy atom. The number of amides is 1. The van der Waals surface area contributed by atoms with E-state index in [9.17, 15) is 13.6 Å². The van der Waals surface area contributed by atoms with Crippen LogP contribution in [0.4, 0.5) is 26.0 Å². The van der Waals surface area contributed by atoms with E-state index < -0.39 is 11.8 Å². The molecule has 1 amide bonds. The number of fused-ring (bicyclic) bond motifs is 1. The second-order valence-electron chi connectivity index (χ2n) is 8.36. The van der Waals surface area contributed by atoms with Gasteiger partial charge in [-0.05, 0) is 12.8 Å². The Balaban J connectivity index is 1.46. The summed E-state index contributed by atoms with van der Waals surface area (Å²) in [5, 5.41) is 10.4. The Kier molecular flexibility index (Phi) is 4.71. The molecule has 0 saturated heterocycles. The maximum absolute atomic E-state index is 13.1. The van der Waals surface area contributed by atoms with E-state index in [1.165, 1.54) is 0 Å². The van der Waals surface area contributed by atoms with Crippen molar-refractivity contribution in [3.05, 3.63) is 29.7 Å². The van der Waals surface area contributed by atoms with Gasteiger partial charge in [-0.2, -0.15) is 5.10 Å². The minimum Gasteiger partial charge on any atom is -0.366 e. The van der Waals surface area contributed by atoms with Crippen molar-refractivity contribution in [2.24, 2.45) is 11.8 Å². The third-order valence-corrected chi connectivity index (χ3v) is 5.65. The van der Waals surface area contributed by atoms with Crippen LogP contribution in [-0.4, -0.2) is 39.7 Å². The molecule has 0 bridgehead atoms. The fraction of sp³-hybridized carbons (Fsp3) is 0.550. The summed E-state index contributed by atoms with van der Waals surface area (Å²) in [5.41, 5.74) is 3.29. The maximum Gasteiger partial charge on any atom is 0.253 e. The standard InChI is InChI=1S/C20H26F2N6O/c1-11(2)18-19(29)26-17-12(3)25-16(5-15(17)27(18)4)23-7-13-8-24-28(9-13)10-14-6-20(14,21)22/h5,8-9,11,14,18H,6-7,10H2,1-4H3,(H,23,25)(H,26,29). The van der Waals surface area contributed by atoms with E-state index in [0.717, 1.165) is 22.6 Å². The zero-order valence-electron chi connectivity index (χ0n) is 17.0. The molecule has 0 aromatic carbocycles. The molecule has 2 aromatic heterocycles. The van der Waals surface area contributed by atoms with Gasteiger partial charge in [-0.1, -0.05) is 13.8 Å². The number of hydrogen-bond donors (Lipinski definition) is 2. The third kappa shape index (κ3) is 3.77. The van der Waals surface area contributed by atoms with Crippen molar-refractivity contribution in [2.45, 2.75) is 52.2 Å². The summed E-state index contributed by atoms with van der Waals surface area (Å²) < 4.78 is 27.7. The second kappa shape index (κ2) is 6.96. The van der Waals surface area contributed by atoms with Crippen molar-refractivity contribution >= 4 is 23.1 Å². The molecule has 1 aliphatic heterocycles. The van der Waals surface area contributed by atoms with E-state index in [2.05, 4.69) is 20.7 Å². The van der Waals surface area contributed by atoms with Crippen LogP contribution < -0.4 is 15.5 Å². The predicted octanol–water partition coefficient (Wildman–Crippen LogP) is 3.27. The van der Waals surface area contributed by atoms with Crippen molar-refractivity contribution in [3.63, 3.8) is 0 Å². The van der Waals surface area contributed by atoms with Crippen molar-refractivity contribution in [1.29, 1.82) is 0 Å². The molecular formula is C20H26F2N6O. The summed E-state index contributed by atoms with van der Waals surface area (Å²) in [7, 11) is 1.92. The summed E-state index contributed by atoms with van der Waals surface area (Å²) in [6.07, 6.45) is 3.41. The highest BCUT2D eigenvalue weighted by atomic mass is 19.3. The van der Waals surface area contributed by atoms with Gasteiger partial charge in [0.15, 0.2) is 0 Å². The molecule has 156 valence electrons. The van der Waals surface area contributed by atoms with Gasteiger partial charge in [0.05, 0.1) is 23.3 Å². The number of carbonyl (C=O) groups excluding carboxylic acids is 1. The Bertz CT molecular complexity index is 941. The molecule has 1 saturated carbocycles. The van der Waals surface area contributed by atoms with Crippen molar-refractivity contribution in [3.8, 4) is 0 Å². The number of pyridine rings is 1. The van der Waals surface area contributed by atoms with Crippen molar-refractivity contribution < 1.29 is 13.6 Å². The lowest BCUT2D eigenvalue weighted by atomic mass is 9.98. The minimum atomic E-state index is -2.54. The zero-order valence-corrected chi connectivity index (χ0v) is 17.0. The van der Waals surface area contributed by atoms with Crippen LogP contribution in [0.1, 0.15) is 31.5 Å². The largest absolute Gasteiger partial charge is 0.366 e. The van der Waals surface area contributed by atoms with Gasteiger partial charge in [-0.3, -0.25) is 9.48 Å². The molecule has 1 fully saturated rings. The summed E-state index contributed by atoms with van der Waals surface area (Å²) in [6.45, 7) is 6.63. The summed E-state index contributed by atoms with van der Waals surface area (Å²) in [5.74, 6) is -2.30. The summed E-state index contributed by atoms with van der Waals surface area (Å²) >= 11 is 0. The van der Waals surface area contributed by atoms with E-state index in [-0.39, 0.29) is 30.8 Å². The fourth-order valence-corrected chi connectivity index (χ4v) is 3.94. The van der Waals surface area contributed by atoms with Gasteiger partial charge in [0.2, 0.25) is 5.91 Å². The first-order valence-electron chi connectivity index (χ1n) is 9.84. The second-order valence-corrected chi connectivity index (χ2v) is 8.36. The normalized spacial score (nSPS) is 22.4. The number of nitrogens with zero attached hydrogens (tertiary/aromatic N) is 4. The van der Waals surface area contributed by atoms with Crippen LogP contribution in [0.25, 0.3) is 0 Å². The number of aryl methyl sites for hydroxylation is 1. The summed E-state index contributed by atoms with van der Waals surface area (Å²) in [4.78, 5) is 19.0. The van der Waals surface area contributed by atoms with Gasteiger partial charge in [0.1, 0.15) is 11.9 Å². The number of rotatable bonds is 6. The van der Waals surface area contributed by atoms with Gasteiger partial charge >= 0.3 is 0 Å². The third-order valence-electron chi connectivity index (χ3n) is 5.65. The average molecular weight is 404 g/mol. The SMILES string of the molecule is Cc1nc(NCc2cnn(CC3CC3(F)F)c2)cc2c1NC(=O)C(C(C)C)N2C. The number of alkyl halides is 2. The van der Waals surface area contributed by atoms with Crippen molar-refractivity contribution in [1.82, 2.24) is 14.8 Å². The first kappa shape index (κ1) is 19.6. The molecule has 2 aliphatic rings. The first-order valence-corrected chi connectivity index (χ1v) is 9.84. The molecule has 0 spiro atoms. The molecule has 0 radical (unpaired) electrons. The summed E-state index contributed by atoms with van der Waals surface area (Å²) in [6, 6.07) is 1.68. The average Bonchev–Trinajstić information content (AvgIpc) is 3.00. The molecule has 1 aliphatic carbocycles. The van der Waals surface area contributed by atoms with Crippen LogP contribution in [0, 0.1) is 18.8 Å². The molecule has 3 heterocycles. The van der Waals surface area contributed by atoms with E-state index in [1.807, 2.05) is 38.8 Å². The number of halogens is 2. The lowest BCUT2D eigenvalue weighted by Gasteiger charge is -2.38. The van der Waals surface area contributed by atoms with Gasteiger partial charge in [-0.25, -0.2) is 13.8 Å². The fourth-order valence-electron chi connectivity index (χ4n) is 3.94. The Morgan fingerprint density at radius 2 is 2.14 bits per heavy atom. The lowest BCUT2D eigenvalue weighted by Crippen LogP contribution is -2.49. The highest BCUT2D eigenvalue weighted by Crippen LogP contribution is 2.49. The zero-order chi connectivity index (χ0) is 20.9. The first-order chi connectivity index (χ1) is 13.7. The molecule has 2 unspecified atom stereocenters. The number of likely N-dealkylation sites (N-methyl/N-ethyl adjacent to an activating group) is 1. The van der Waals surface area contributed by atoms with E-state index in [0.29, 0.717) is 12.4 Å². The number of hydrogen-bond acceptors (Lipinski definition) is 5. The van der Waals surface area contributed by atoms with Gasteiger partial charge in [-0.15, -0.1) is 0 Å². The minimum absolute atomic E-state index is 0.0192. The predicted molar refractivity (Wildman–Crippen MR) is 107 cm³/mol. The van der Waals surface area contributed by atoms with Crippen LogP contribution in [0.15, 0.2) is 18.5 Å². The Labute approximate surface area is 168 Å². The van der Waals surface area contributed by atoms with Crippen LogP contribution in [0.5, 0.6) is 0 Å². The number of nitrogens with one attached hydrogen (secondary N) is 2. The number of aromatic nitrogens is 3. The molecule has 2 N–H and O–H groups in total. The molecule has 4 rings (SSSR count). The molecule has 2 atom stereocenters. The number of anilines is 3. The van der Waals surface area contributed by atoms with E-state index in [1.54, 1.807) is 17.1 Å². The maximum atomic E-state index is 13.1. The van der Waals surface area contributed by atoms with Crippen LogP contribution in [0.2, 0.25) is 0 Å². The monoisotopic (exact) mass is 404 g/mol. The van der Waals surface area contributed by atoms with Gasteiger partial charge < -0.3 is 15.5 Å². The molecular weight excluding hydrogens is 378 g/mol. The topological polar surface area (TPSA) is 75.1 Å². The highest BCUT2D eigenvalue weighted by Gasteiger charge is 2.56. The molecule has 29 heavy (non-hydrogen) atoms. The van der Waals surface area contributed by atoms with Crippen molar-refractivity contribution in [2.75, 3.05) is 22.6 Å². The van der Waals surface area contributed by atoms with Crippen LogP contribution >= 0.6 is 0 Å². The molecule has 7 nitrogen and oxygen atoms in total. The van der Waals surface area contributed by atoms with E-state index >= 15 is 0 Å². The smallest absolute Gasteiger partial charge is 0.253 e.